The number of nitrogens with one attached hydrogen (secondary N) is 1. The Morgan fingerprint density at radius 1 is 1.38 bits per heavy atom. The van der Waals surface area contributed by atoms with Crippen molar-refractivity contribution < 1.29 is 14.3 Å². The molecule has 0 aromatic carbocycles. The summed E-state index contributed by atoms with van der Waals surface area (Å²) >= 11 is 5.82. The molecule has 1 aromatic rings. The molecule has 0 fully saturated rings. The number of hydrogen-bond donors (Lipinski definition) is 1. The standard InChI is InChI=1S/C15H21ClN2O3/c1-10-8-11(9-18-13(10)16)12(19)6-5-7-17-14(20)21-15(2,3)4/h8-9H,5-7H2,1-4H3,(H,17,20). The maximum atomic E-state index is 12.0. The third-order valence-corrected chi connectivity index (χ3v) is 2.98. The van der Waals surface area contributed by atoms with Crippen LogP contribution in [0.15, 0.2) is 12.3 Å². The summed E-state index contributed by atoms with van der Waals surface area (Å²) in [5.41, 5.74) is 0.787. The Morgan fingerprint density at radius 3 is 2.62 bits per heavy atom. The van der Waals surface area contributed by atoms with Crippen molar-refractivity contribution in [2.75, 3.05) is 6.54 Å². The Hall–Kier alpha value is -1.62. The number of ether oxygens (including phenoxy) is 1. The van der Waals surface area contributed by atoms with E-state index in [-0.39, 0.29) is 5.78 Å². The van der Waals surface area contributed by atoms with Gasteiger partial charge in [-0.2, -0.15) is 0 Å². The number of carbonyl (C=O) groups is 2. The van der Waals surface area contributed by atoms with Gasteiger partial charge in [-0.05, 0) is 45.7 Å². The van der Waals surface area contributed by atoms with Gasteiger partial charge in [0, 0.05) is 24.7 Å². The van der Waals surface area contributed by atoms with Crippen LogP contribution in [0.2, 0.25) is 5.15 Å². The molecule has 5 nitrogen and oxygen atoms in total. The number of hydrogen-bond acceptors (Lipinski definition) is 4. The highest BCUT2D eigenvalue weighted by molar-refractivity contribution is 6.30. The van der Waals surface area contributed by atoms with Crippen molar-refractivity contribution in [3.8, 4) is 0 Å². The molecule has 116 valence electrons. The van der Waals surface area contributed by atoms with Crippen LogP contribution in [0.25, 0.3) is 0 Å². The molecule has 0 unspecified atom stereocenters. The van der Waals surface area contributed by atoms with Gasteiger partial charge in [0.1, 0.15) is 10.8 Å². The molecule has 0 aliphatic rings. The number of aryl methyl sites for hydroxylation is 1. The van der Waals surface area contributed by atoms with Crippen molar-refractivity contribution in [1.29, 1.82) is 0 Å². The van der Waals surface area contributed by atoms with E-state index in [1.54, 1.807) is 33.8 Å². The topological polar surface area (TPSA) is 68.3 Å². The summed E-state index contributed by atoms with van der Waals surface area (Å²) in [6, 6.07) is 1.72. The van der Waals surface area contributed by atoms with Gasteiger partial charge >= 0.3 is 6.09 Å². The maximum absolute atomic E-state index is 12.0. The zero-order valence-corrected chi connectivity index (χ0v) is 13.6. The van der Waals surface area contributed by atoms with Crippen LogP contribution < -0.4 is 5.32 Å². The van der Waals surface area contributed by atoms with Crippen LogP contribution in [0, 0.1) is 6.92 Å². The fourth-order valence-corrected chi connectivity index (χ4v) is 1.71. The highest BCUT2D eigenvalue weighted by atomic mass is 35.5. The SMILES string of the molecule is Cc1cc(C(=O)CCCNC(=O)OC(C)(C)C)cnc1Cl. The molecule has 1 amide bonds. The van der Waals surface area contributed by atoms with E-state index < -0.39 is 11.7 Å². The highest BCUT2D eigenvalue weighted by Gasteiger charge is 2.15. The largest absolute Gasteiger partial charge is 0.444 e. The lowest BCUT2D eigenvalue weighted by Crippen LogP contribution is -2.33. The molecular formula is C15H21ClN2O3. The van der Waals surface area contributed by atoms with Gasteiger partial charge in [-0.1, -0.05) is 11.6 Å². The molecule has 0 radical (unpaired) electrons. The Bertz CT molecular complexity index is 524. The van der Waals surface area contributed by atoms with Gasteiger partial charge in [0.15, 0.2) is 5.78 Å². The van der Waals surface area contributed by atoms with Crippen molar-refractivity contribution >= 4 is 23.5 Å². The van der Waals surface area contributed by atoms with Gasteiger partial charge in [0.2, 0.25) is 0 Å². The monoisotopic (exact) mass is 312 g/mol. The average molecular weight is 313 g/mol. The van der Waals surface area contributed by atoms with E-state index in [1.165, 1.54) is 6.20 Å². The first kappa shape index (κ1) is 17.4. The molecule has 0 atom stereocenters. The number of rotatable bonds is 5. The third-order valence-electron chi connectivity index (χ3n) is 2.59. The van der Waals surface area contributed by atoms with E-state index in [0.717, 1.165) is 5.56 Å². The van der Waals surface area contributed by atoms with Crippen molar-refractivity contribution in [3.05, 3.63) is 28.5 Å². The molecule has 0 spiro atoms. The molecule has 1 aromatic heterocycles. The molecule has 0 saturated carbocycles. The van der Waals surface area contributed by atoms with Crippen LogP contribution in [-0.4, -0.2) is 29.0 Å². The van der Waals surface area contributed by atoms with Crippen LogP contribution in [-0.2, 0) is 4.74 Å². The van der Waals surface area contributed by atoms with E-state index in [4.69, 9.17) is 16.3 Å². The molecule has 0 saturated heterocycles. The Morgan fingerprint density at radius 2 is 2.05 bits per heavy atom. The van der Waals surface area contributed by atoms with Gasteiger partial charge in [-0.15, -0.1) is 0 Å². The number of aromatic nitrogens is 1. The zero-order valence-electron chi connectivity index (χ0n) is 12.8. The lowest BCUT2D eigenvalue weighted by molar-refractivity contribution is 0.0525. The number of Topliss-reactive ketones (excluding diaryl/α,β-unsaturated/α-hetero) is 1. The molecule has 1 rings (SSSR count). The molecule has 0 bridgehead atoms. The normalized spacial score (nSPS) is 11.1. The van der Waals surface area contributed by atoms with Crippen LogP contribution in [0.1, 0.15) is 49.5 Å². The zero-order chi connectivity index (χ0) is 16.0. The van der Waals surface area contributed by atoms with Crippen molar-refractivity contribution in [2.45, 2.75) is 46.1 Å². The molecule has 1 N–H and O–H groups in total. The Kier molecular flexibility index (Phi) is 6.15. The van der Waals surface area contributed by atoms with E-state index >= 15 is 0 Å². The highest BCUT2D eigenvalue weighted by Crippen LogP contribution is 2.14. The molecule has 0 aliphatic heterocycles. The average Bonchev–Trinajstić information content (AvgIpc) is 2.35. The van der Waals surface area contributed by atoms with Crippen LogP contribution in [0.4, 0.5) is 4.79 Å². The first-order valence-electron chi connectivity index (χ1n) is 6.81. The summed E-state index contributed by atoms with van der Waals surface area (Å²) in [4.78, 5) is 27.3. The summed E-state index contributed by atoms with van der Waals surface area (Å²) < 4.78 is 5.10. The van der Waals surface area contributed by atoms with E-state index in [2.05, 4.69) is 10.3 Å². The van der Waals surface area contributed by atoms with Gasteiger partial charge in [0.05, 0.1) is 0 Å². The molecule has 6 heteroatoms. The number of carbonyl (C=O) groups excluding carboxylic acids is 2. The number of ketones is 1. The second kappa shape index (κ2) is 7.41. The quantitative estimate of drug-likeness (QED) is 0.513. The minimum Gasteiger partial charge on any atom is -0.444 e. The fraction of sp³-hybridized carbons (Fsp3) is 0.533. The molecule has 0 aliphatic carbocycles. The number of amides is 1. The second-order valence-corrected chi connectivity index (χ2v) is 6.15. The first-order valence-corrected chi connectivity index (χ1v) is 7.19. The summed E-state index contributed by atoms with van der Waals surface area (Å²) in [5, 5.41) is 3.02. The third kappa shape index (κ3) is 6.58. The maximum Gasteiger partial charge on any atom is 0.407 e. The van der Waals surface area contributed by atoms with Crippen LogP contribution in [0.5, 0.6) is 0 Å². The fourth-order valence-electron chi connectivity index (χ4n) is 1.61. The van der Waals surface area contributed by atoms with Crippen LogP contribution >= 0.6 is 11.6 Å². The van der Waals surface area contributed by atoms with Crippen molar-refractivity contribution in [3.63, 3.8) is 0 Å². The van der Waals surface area contributed by atoms with Gasteiger partial charge in [-0.25, -0.2) is 9.78 Å². The van der Waals surface area contributed by atoms with Crippen molar-refractivity contribution in [1.82, 2.24) is 10.3 Å². The first-order chi connectivity index (χ1) is 9.69. The Balaban J connectivity index is 2.34. The number of halogens is 1. The minimum absolute atomic E-state index is 0.0201. The lowest BCUT2D eigenvalue weighted by Gasteiger charge is -2.19. The predicted octanol–water partition coefficient (Wildman–Crippen LogP) is 3.53. The van der Waals surface area contributed by atoms with Crippen molar-refractivity contribution in [2.24, 2.45) is 0 Å². The summed E-state index contributed by atoms with van der Waals surface area (Å²) in [7, 11) is 0. The molecule has 1 heterocycles. The lowest BCUT2D eigenvalue weighted by atomic mass is 10.1. The Labute approximate surface area is 130 Å². The smallest absolute Gasteiger partial charge is 0.407 e. The van der Waals surface area contributed by atoms with E-state index in [1.807, 2.05) is 0 Å². The molecular weight excluding hydrogens is 292 g/mol. The van der Waals surface area contributed by atoms with Gasteiger partial charge in [-0.3, -0.25) is 4.79 Å². The van der Waals surface area contributed by atoms with E-state index in [0.29, 0.717) is 30.1 Å². The van der Waals surface area contributed by atoms with E-state index in [9.17, 15) is 9.59 Å². The van der Waals surface area contributed by atoms with Gasteiger partial charge < -0.3 is 10.1 Å². The summed E-state index contributed by atoms with van der Waals surface area (Å²) in [5.74, 6) is -0.0201. The minimum atomic E-state index is -0.521. The number of pyridine rings is 1. The molecule has 21 heavy (non-hydrogen) atoms. The van der Waals surface area contributed by atoms with Crippen LogP contribution in [0.3, 0.4) is 0 Å². The number of alkyl carbamates (subject to hydrolysis) is 1. The summed E-state index contributed by atoms with van der Waals surface area (Å²) in [6.07, 6.45) is 1.87. The second-order valence-electron chi connectivity index (χ2n) is 5.79. The number of nitrogens with zero attached hydrogens (tertiary/aromatic N) is 1. The predicted molar refractivity (Wildman–Crippen MR) is 81.8 cm³/mol. The van der Waals surface area contributed by atoms with Gasteiger partial charge in [0.25, 0.3) is 0 Å². The summed E-state index contributed by atoms with van der Waals surface area (Å²) in [6.45, 7) is 7.58.